The number of carbonyl (C=O) groups excluding carboxylic acids is 1. The molecule has 0 radical (unpaired) electrons. The molecule has 0 saturated heterocycles. The van der Waals surface area contributed by atoms with Crippen molar-refractivity contribution in [2.45, 2.75) is 0 Å². The van der Waals surface area contributed by atoms with Crippen LogP contribution in [0.5, 0.6) is 0 Å². The third kappa shape index (κ3) is 4.39. The van der Waals surface area contributed by atoms with Gasteiger partial charge in [-0.2, -0.15) is 0 Å². The van der Waals surface area contributed by atoms with Gasteiger partial charge in [-0.1, -0.05) is 44.9 Å². The van der Waals surface area contributed by atoms with Gasteiger partial charge < -0.3 is 4.90 Å². The molecule has 25 heavy (non-hydrogen) atoms. The lowest BCUT2D eigenvalue weighted by molar-refractivity contribution is 0.0985. The van der Waals surface area contributed by atoms with E-state index in [0.717, 1.165) is 21.2 Å². The summed E-state index contributed by atoms with van der Waals surface area (Å²) in [5.74, 6) is -0.0949. The number of carbonyl (C=O) groups is 1. The van der Waals surface area contributed by atoms with Crippen LogP contribution >= 0.6 is 38.9 Å². The molecule has 0 saturated carbocycles. The first kappa shape index (κ1) is 18.3. The molecule has 4 nitrogen and oxygen atoms in total. The van der Waals surface area contributed by atoms with Gasteiger partial charge in [0.25, 0.3) is 5.91 Å². The van der Waals surface area contributed by atoms with Crippen molar-refractivity contribution in [3.8, 4) is 0 Å². The maximum atomic E-state index is 13.1. The molecule has 0 spiro atoms. The van der Waals surface area contributed by atoms with E-state index in [-0.39, 0.29) is 5.91 Å². The fourth-order valence-corrected chi connectivity index (χ4v) is 4.10. The molecular formula is C18H17BrClN3OS. The fraction of sp³-hybridized carbons (Fsp3) is 0.222. The highest BCUT2D eigenvalue weighted by Gasteiger charge is 2.21. The Labute approximate surface area is 164 Å². The Morgan fingerprint density at radius 2 is 2.00 bits per heavy atom. The Balaban J connectivity index is 1.99. The molecule has 0 atom stereocenters. The predicted octanol–water partition coefficient (Wildman–Crippen LogP) is 4.92. The summed E-state index contributed by atoms with van der Waals surface area (Å²) in [4.78, 5) is 21.5. The molecule has 0 aliphatic rings. The maximum absolute atomic E-state index is 13.1. The summed E-state index contributed by atoms with van der Waals surface area (Å²) >= 11 is 11.0. The number of nitrogens with zero attached hydrogens (tertiary/aromatic N) is 3. The zero-order valence-electron chi connectivity index (χ0n) is 13.9. The Morgan fingerprint density at radius 1 is 1.20 bits per heavy atom. The summed E-state index contributed by atoms with van der Waals surface area (Å²) < 4.78 is 2.04. The van der Waals surface area contributed by atoms with Crippen molar-refractivity contribution in [3.05, 3.63) is 57.5 Å². The van der Waals surface area contributed by atoms with Crippen LogP contribution in [0.25, 0.3) is 10.2 Å². The average molecular weight is 439 g/mol. The zero-order valence-corrected chi connectivity index (χ0v) is 17.0. The predicted molar refractivity (Wildman–Crippen MR) is 109 cm³/mol. The van der Waals surface area contributed by atoms with E-state index in [2.05, 4.69) is 20.9 Å². The molecule has 0 N–H and O–H groups in total. The van der Waals surface area contributed by atoms with Gasteiger partial charge in [-0.05, 0) is 50.5 Å². The summed E-state index contributed by atoms with van der Waals surface area (Å²) in [5.41, 5.74) is 1.45. The minimum absolute atomic E-state index is 0.0949. The number of rotatable bonds is 5. The number of thiazole rings is 1. The minimum atomic E-state index is -0.0949. The third-order valence-electron chi connectivity index (χ3n) is 3.66. The summed E-state index contributed by atoms with van der Waals surface area (Å²) in [6.45, 7) is 1.30. The van der Waals surface area contributed by atoms with Gasteiger partial charge in [0.05, 0.1) is 10.2 Å². The topological polar surface area (TPSA) is 36.4 Å². The molecule has 7 heteroatoms. The van der Waals surface area contributed by atoms with Crippen molar-refractivity contribution in [3.63, 3.8) is 0 Å². The molecule has 1 heterocycles. The summed E-state index contributed by atoms with van der Waals surface area (Å²) in [5, 5.41) is 1.24. The van der Waals surface area contributed by atoms with Crippen molar-refractivity contribution in [2.75, 3.05) is 32.1 Å². The molecule has 1 amide bonds. The monoisotopic (exact) mass is 437 g/mol. The number of aromatic nitrogens is 1. The van der Waals surface area contributed by atoms with E-state index in [0.29, 0.717) is 22.3 Å². The van der Waals surface area contributed by atoms with Gasteiger partial charge in [-0.25, -0.2) is 4.98 Å². The number of benzene rings is 2. The lowest BCUT2D eigenvalue weighted by Crippen LogP contribution is -2.36. The Bertz CT molecular complexity index is 912. The standard InChI is InChI=1S/C18H17BrClN3OS/c1-22(2)8-9-23(17(24)12-4-3-5-14(20)10-12)18-21-15-7-6-13(19)11-16(15)25-18/h3-7,10-11H,8-9H2,1-2H3. The Morgan fingerprint density at radius 3 is 2.72 bits per heavy atom. The molecule has 2 aromatic carbocycles. The van der Waals surface area contributed by atoms with Crippen molar-refractivity contribution < 1.29 is 4.79 Å². The van der Waals surface area contributed by atoms with Gasteiger partial charge >= 0.3 is 0 Å². The molecule has 1 aromatic heterocycles. The van der Waals surface area contributed by atoms with Crippen LogP contribution in [-0.2, 0) is 0 Å². The highest BCUT2D eigenvalue weighted by atomic mass is 79.9. The highest BCUT2D eigenvalue weighted by Crippen LogP contribution is 2.31. The van der Waals surface area contributed by atoms with Crippen LogP contribution in [0.3, 0.4) is 0 Å². The number of anilines is 1. The van der Waals surface area contributed by atoms with E-state index >= 15 is 0 Å². The van der Waals surface area contributed by atoms with Gasteiger partial charge in [-0.3, -0.25) is 9.69 Å². The van der Waals surface area contributed by atoms with Crippen LogP contribution in [-0.4, -0.2) is 43.0 Å². The number of fused-ring (bicyclic) bond motifs is 1. The van der Waals surface area contributed by atoms with Gasteiger partial charge in [-0.15, -0.1) is 0 Å². The summed E-state index contributed by atoms with van der Waals surface area (Å²) in [7, 11) is 3.97. The first-order chi connectivity index (χ1) is 11.9. The van der Waals surface area contributed by atoms with Crippen LogP contribution in [0.4, 0.5) is 5.13 Å². The molecule has 3 aromatic rings. The highest BCUT2D eigenvalue weighted by molar-refractivity contribution is 9.10. The molecule has 0 aliphatic carbocycles. The Hall–Kier alpha value is -1.47. The quantitative estimate of drug-likeness (QED) is 0.567. The van der Waals surface area contributed by atoms with Gasteiger partial charge in [0.2, 0.25) is 0 Å². The molecular weight excluding hydrogens is 422 g/mol. The molecule has 130 valence electrons. The van der Waals surface area contributed by atoms with Crippen LogP contribution in [0.1, 0.15) is 10.4 Å². The largest absolute Gasteiger partial charge is 0.308 e. The molecule has 0 bridgehead atoms. The molecule has 0 aliphatic heterocycles. The Kier molecular flexibility index (Phi) is 5.74. The van der Waals surface area contributed by atoms with Crippen LogP contribution < -0.4 is 4.90 Å². The summed E-state index contributed by atoms with van der Waals surface area (Å²) in [6, 6.07) is 12.9. The first-order valence-corrected chi connectivity index (χ1v) is 9.71. The third-order valence-corrected chi connectivity index (χ3v) is 5.43. The number of hydrogen-bond donors (Lipinski definition) is 0. The van der Waals surface area contributed by atoms with E-state index in [4.69, 9.17) is 11.6 Å². The second-order valence-corrected chi connectivity index (χ2v) is 8.24. The average Bonchev–Trinajstić information content (AvgIpc) is 2.97. The molecule has 0 fully saturated rings. The number of hydrogen-bond acceptors (Lipinski definition) is 4. The van der Waals surface area contributed by atoms with Crippen LogP contribution in [0.15, 0.2) is 46.9 Å². The number of amides is 1. The van der Waals surface area contributed by atoms with E-state index in [1.165, 1.54) is 11.3 Å². The van der Waals surface area contributed by atoms with Crippen molar-refractivity contribution in [1.82, 2.24) is 9.88 Å². The van der Waals surface area contributed by atoms with Crippen molar-refractivity contribution >= 4 is 60.1 Å². The van der Waals surface area contributed by atoms with Gasteiger partial charge in [0.1, 0.15) is 0 Å². The van der Waals surface area contributed by atoms with E-state index in [9.17, 15) is 4.79 Å². The number of halogens is 2. The minimum Gasteiger partial charge on any atom is -0.308 e. The number of likely N-dealkylation sites (N-methyl/N-ethyl adjacent to an activating group) is 1. The van der Waals surface area contributed by atoms with Crippen molar-refractivity contribution in [1.29, 1.82) is 0 Å². The van der Waals surface area contributed by atoms with E-state index < -0.39 is 0 Å². The lowest BCUT2D eigenvalue weighted by Gasteiger charge is -2.22. The first-order valence-electron chi connectivity index (χ1n) is 7.72. The van der Waals surface area contributed by atoms with E-state index in [1.54, 1.807) is 29.2 Å². The smallest absolute Gasteiger partial charge is 0.260 e. The zero-order chi connectivity index (χ0) is 18.0. The van der Waals surface area contributed by atoms with E-state index in [1.807, 2.05) is 37.2 Å². The molecule has 0 unspecified atom stereocenters. The second-order valence-electron chi connectivity index (χ2n) is 5.88. The van der Waals surface area contributed by atoms with Crippen molar-refractivity contribution in [2.24, 2.45) is 0 Å². The second kappa shape index (κ2) is 7.83. The van der Waals surface area contributed by atoms with Gasteiger partial charge in [0, 0.05) is 28.1 Å². The lowest BCUT2D eigenvalue weighted by atomic mass is 10.2. The normalized spacial score (nSPS) is 11.2. The fourth-order valence-electron chi connectivity index (χ4n) is 2.36. The SMILES string of the molecule is CN(C)CCN(C(=O)c1cccc(Cl)c1)c1nc2ccc(Br)cc2s1. The van der Waals surface area contributed by atoms with Crippen LogP contribution in [0.2, 0.25) is 5.02 Å². The van der Waals surface area contributed by atoms with Crippen LogP contribution in [0, 0.1) is 0 Å². The molecule has 3 rings (SSSR count). The van der Waals surface area contributed by atoms with Gasteiger partial charge in [0.15, 0.2) is 5.13 Å². The summed E-state index contributed by atoms with van der Waals surface area (Å²) in [6.07, 6.45) is 0. The maximum Gasteiger partial charge on any atom is 0.260 e.